The zero-order chi connectivity index (χ0) is 62.9. The Hall–Kier alpha value is -6.03. The van der Waals surface area contributed by atoms with E-state index in [0.29, 0.717) is 16.7 Å². The zero-order valence-corrected chi connectivity index (χ0v) is 53.7. The van der Waals surface area contributed by atoms with Crippen LogP contribution in [0.15, 0.2) is 72.8 Å². The molecule has 0 radical (unpaired) electrons. The quantitative estimate of drug-likeness (QED) is 0.0399. The van der Waals surface area contributed by atoms with E-state index in [-0.39, 0.29) is 34.5 Å². The van der Waals surface area contributed by atoms with Crippen molar-refractivity contribution in [1.29, 1.82) is 0 Å². The average Bonchev–Trinajstić information content (AvgIpc) is 3.32. The molecule has 0 amide bonds. The molecule has 0 heterocycles. The third-order valence-electron chi connectivity index (χ3n) is 11.1. The number of hydrogen-bond acceptors (Lipinski definition) is 9. The van der Waals surface area contributed by atoms with Gasteiger partial charge >= 0.3 is 17.9 Å². The summed E-state index contributed by atoms with van der Waals surface area (Å²) in [4.78, 5) is 36.0. The number of quaternary nitrogens is 3. The van der Waals surface area contributed by atoms with E-state index in [1.807, 2.05) is 0 Å². The number of aliphatic carboxylic acids is 3. The fourth-order valence-electron chi connectivity index (χ4n) is 8.81. The smallest absolute Gasteiger partial charge is 0.328 e. The van der Waals surface area contributed by atoms with Crippen LogP contribution in [-0.4, -0.2) is 113 Å². The summed E-state index contributed by atoms with van der Waals surface area (Å²) < 4.78 is 14.4. The van der Waals surface area contributed by atoms with E-state index in [2.05, 4.69) is 125 Å². The van der Waals surface area contributed by atoms with Gasteiger partial charge in [-0.2, -0.15) is 0 Å². The molecule has 0 fully saturated rings. The second-order valence-electron chi connectivity index (χ2n) is 24.4. The SMILES string of the molecule is CC(C)C[NH+](CC(C)C)CC(C)C.CC(C)C[NH+](CC(C)C)CC(C)C.CC(C)C[NH+](CC(C)C)CC(C)C.COc1cc(/C=C/C(=O)O)ccc1[O-].COc1cc(/C=C/C(=O)O)ccc1[O-].COc1cc(/C=C/C(=O)O)ccc1[O-]. The van der Waals surface area contributed by atoms with Crippen molar-refractivity contribution in [2.75, 3.05) is 80.2 Å². The van der Waals surface area contributed by atoms with Gasteiger partial charge in [-0.15, -0.1) is 0 Å². The summed E-state index contributed by atoms with van der Waals surface area (Å²) in [7, 11) is 4.17. The Balaban J connectivity index is -0.000000902. The summed E-state index contributed by atoms with van der Waals surface area (Å²) in [6.45, 7) is 53.7. The van der Waals surface area contributed by atoms with Gasteiger partial charge in [-0.3, -0.25) is 0 Å². The molecule has 462 valence electrons. The van der Waals surface area contributed by atoms with Crippen LogP contribution in [-0.2, 0) is 14.4 Å². The van der Waals surface area contributed by atoms with E-state index in [0.717, 1.165) is 71.5 Å². The molecule has 0 aromatic heterocycles. The van der Waals surface area contributed by atoms with Crippen LogP contribution < -0.4 is 44.2 Å². The first kappa shape index (κ1) is 79.2. The molecule has 0 atom stereocenters. The van der Waals surface area contributed by atoms with E-state index in [1.165, 1.54) is 153 Å². The van der Waals surface area contributed by atoms with E-state index >= 15 is 0 Å². The first-order chi connectivity index (χ1) is 37.6. The third-order valence-corrected chi connectivity index (χ3v) is 11.1. The summed E-state index contributed by atoms with van der Waals surface area (Å²) >= 11 is 0. The van der Waals surface area contributed by atoms with Gasteiger partial charge in [-0.1, -0.05) is 178 Å². The molecule has 15 nitrogen and oxygen atoms in total. The average molecular weight is 1140 g/mol. The maximum absolute atomic E-state index is 11.1. The first-order valence-electron chi connectivity index (χ1n) is 28.9. The molecule has 6 N–H and O–H groups in total. The topological polar surface area (TPSA) is 222 Å². The minimum Gasteiger partial charge on any atom is -0.870 e. The van der Waals surface area contributed by atoms with Gasteiger partial charge in [0.25, 0.3) is 0 Å². The second kappa shape index (κ2) is 45.6. The molecule has 15 heteroatoms. The molecular weight excluding hydrogens is 1030 g/mol. The molecule has 0 saturated carbocycles. The van der Waals surface area contributed by atoms with Crippen molar-refractivity contribution in [1.82, 2.24) is 0 Å². The molecule has 3 aromatic carbocycles. The Bertz CT molecular complexity index is 1910. The molecule has 81 heavy (non-hydrogen) atoms. The van der Waals surface area contributed by atoms with Gasteiger partial charge in [0.1, 0.15) is 17.2 Å². The van der Waals surface area contributed by atoms with Gasteiger partial charge in [0.05, 0.1) is 80.2 Å². The predicted octanol–water partition coefficient (Wildman–Crippen LogP) is 8.12. The minimum absolute atomic E-state index is 0.206. The molecule has 0 bridgehead atoms. The van der Waals surface area contributed by atoms with Gasteiger partial charge in [0.2, 0.25) is 0 Å². The van der Waals surface area contributed by atoms with Crippen LogP contribution in [0.2, 0.25) is 0 Å². The van der Waals surface area contributed by atoms with Crippen molar-refractivity contribution in [3.05, 3.63) is 89.5 Å². The summed E-state index contributed by atoms with van der Waals surface area (Å²) in [5, 5.41) is 58.4. The highest BCUT2D eigenvalue weighted by Gasteiger charge is 2.16. The van der Waals surface area contributed by atoms with Gasteiger partial charge in [-0.25, -0.2) is 14.4 Å². The molecule has 0 aliphatic carbocycles. The number of nitrogens with one attached hydrogen (secondary N) is 3. The van der Waals surface area contributed by atoms with Crippen LogP contribution in [0.1, 0.15) is 141 Å². The Kier molecular flexibility index (Phi) is 44.6. The fraction of sp³-hybridized carbons (Fsp3) is 0.591. The van der Waals surface area contributed by atoms with Crippen molar-refractivity contribution in [2.45, 2.75) is 125 Å². The number of carbonyl (C=O) groups is 3. The predicted molar refractivity (Wildman–Crippen MR) is 328 cm³/mol. The lowest BCUT2D eigenvalue weighted by molar-refractivity contribution is -0.909. The first-order valence-corrected chi connectivity index (χ1v) is 28.9. The van der Waals surface area contributed by atoms with Gasteiger partial charge < -0.3 is 59.5 Å². The molecule has 3 rings (SSSR count). The van der Waals surface area contributed by atoms with Crippen molar-refractivity contribution in [3.63, 3.8) is 0 Å². The number of rotatable bonds is 27. The van der Waals surface area contributed by atoms with Crippen molar-refractivity contribution in [3.8, 4) is 34.5 Å². The summed E-state index contributed by atoms with van der Waals surface area (Å²) in [6.07, 6.45) is 7.18. The van der Waals surface area contributed by atoms with Crippen LogP contribution in [0.3, 0.4) is 0 Å². The van der Waals surface area contributed by atoms with Crippen LogP contribution in [0, 0.1) is 53.3 Å². The highest BCUT2D eigenvalue weighted by molar-refractivity contribution is 5.86. The van der Waals surface area contributed by atoms with E-state index in [1.54, 1.807) is 14.7 Å². The summed E-state index contributed by atoms with van der Waals surface area (Å²) in [5.74, 6) is 4.29. The Morgan fingerprint density at radius 1 is 0.358 bits per heavy atom. The van der Waals surface area contributed by atoms with Crippen molar-refractivity contribution >= 4 is 36.1 Å². The van der Waals surface area contributed by atoms with E-state index in [9.17, 15) is 29.7 Å². The Morgan fingerprint density at radius 3 is 0.642 bits per heavy atom. The van der Waals surface area contributed by atoms with Gasteiger partial charge in [-0.05, 0) is 53.1 Å². The number of benzene rings is 3. The zero-order valence-electron chi connectivity index (χ0n) is 53.7. The van der Waals surface area contributed by atoms with E-state index in [4.69, 9.17) is 29.5 Å². The molecule has 0 spiro atoms. The van der Waals surface area contributed by atoms with E-state index < -0.39 is 17.9 Å². The number of carboxylic acid groups (broad SMARTS) is 3. The van der Waals surface area contributed by atoms with Crippen LogP contribution in [0.5, 0.6) is 34.5 Å². The second-order valence-corrected chi connectivity index (χ2v) is 24.4. The minimum atomic E-state index is -1.03. The van der Waals surface area contributed by atoms with Crippen LogP contribution in [0.4, 0.5) is 0 Å². The number of methoxy groups -OCH3 is 3. The molecule has 0 aliphatic rings. The molecule has 3 aromatic rings. The van der Waals surface area contributed by atoms with Crippen LogP contribution >= 0.6 is 0 Å². The number of carboxylic acids is 3. The molecule has 0 saturated heterocycles. The van der Waals surface area contributed by atoms with Crippen molar-refractivity contribution in [2.24, 2.45) is 53.3 Å². The summed E-state index contributed by atoms with van der Waals surface area (Å²) in [6, 6.07) is 13.1. The Morgan fingerprint density at radius 2 is 0.519 bits per heavy atom. The van der Waals surface area contributed by atoms with Gasteiger partial charge in [0, 0.05) is 71.5 Å². The highest BCUT2D eigenvalue weighted by Crippen LogP contribution is 2.26. The molecular formula is C66H111N3O12. The lowest BCUT2D eigenvalue weighted by atomic mass is 10.1. The largest absolute Gasteiger partial charge is 0.870 e. The lowest BCUT2D eigenvalue weighted by Crippen LogP contribution is -3.13. The normalized spacial score (nSPS) is 11.4. The number of hydrogen-bond donors (Lipinski definition) is 6. The maximum Gasteiger partial charge on any atom is 0.328 e. The number of ether oxygens (including phenoxy) is 3. The van der Waals surface area contributed by atoms with Crippen molar-refractivity contribution < 1.29 is 73.9 Å². The highest BCUT2D eigenvalue weighted by atomic mass is 16.5. The standard InChI is InChI=1S/3C12H27N.3C10H10O4/c3*1-10(2)7-13(8-11(3)4)9-12(5)6;3*1-14-9-6-7(2-4-8(9)11)3-5-10(12)13/h3*10-12H,7-9H2,1-6H3;3*2-6,11H,1H3,(H,12,13)/b;;;3*5-3+. The maximum atomic E-state index is 11.1. The van der Waals surface area contributed by atoms with Crippen LogP contribution in [0.25, 0.3) is 18.2 Å². The van der Waals surface area contributed by atoms with Gasteiger partial charge in [0.15, 0.2) is 0 Å². The molecule has 0 aliphatic heterocycles. The Labute approximate surface area is 490 Å². The third kappa shape index (κ3) is 47.3. The molecule has 0 unspecified atom stereocenters. The fourth-order valence-corrected chi connectivity index (χ4v) is 8.81. The monoisotopic (exact) mass is 1140 g/mol. The lowest BCUT2D eigenvalue weighted by Gasteiger charge is -2.24. The summed E-state index contributed by atoms with van der Waals surface area (Å²) in [5.41, 5.74) is 1.84.